The van der Waals surface area contributed by atoms with Crippen LogP contribution in [0.25, 0.3) is 28.1 Å². The summed E-state index contributed by atoms with van der Waals surface area (Å²) in [6.45, 7) is -0.754. The maximum absolute atomic E-state index is 12.5. The summed E-state index contributed by atoms with van der Waals surface area (Å²) in [5, 5.41) is 16.1. The highest BCUT2D eigenvalue weighted by Crippen LogP contribution is 2.22. The largest absolute Gasteiger partial charge is 0.408 e. The molecule has 0 amide bonds. The van der Waals surface area contributed by atoms with Crippen molar-refractivity contribution in [3.8, 4) is 11.3 Å². The highest BCUT2D eigenvalue weighted by atomic mass is 19.4. The number of nitrogens with zero attached hydrogens (tertiary/aromatic N) is 9. The van der Waals surface area contributed by atoms with Crippen LogP contribution in [0.15, 0.2) is 49.2 Å². The van der Waals surface area contributed by atoms with Gasteiger partial charge in [0.2, 0.25) is 0 Å². The van der Waals surface area contributed by atoms with Gasteiger partial charge in [-0.3, -0.25) is 4.68 Å². The Morgan fingerprint density at radius 3 is 2.76 bits per heavy atom. The molecule has 29 heavy (non-hydrogen) atoms. The second-order valence-corrected chi connectivity index (χ2v) is 6.43. The Labute approximate surface area is 160 Å². The van der Waals surface area contributed by atoms with E-state index in [1.54, 1.807) is 21.3 Å². The van der Waals surface area contributed by atoms with Gasteiger partial charge in [-0.15, -0.1) is 5.10 Å². The van der Waals surface area contributed by atoms with Gasteiger partial charge < -0.3 is 0 Å². The molecule has 12 heteroatoms. The number of aromatic nitrogens is 9. The molecular formula is C17H12F3N9. The summed E-state index contributed by atoms with van der Waals surface area (Å²) < 4.78 is 41.8. The molecule has 5 aromatic heterocycles. The van der Waals surface area contributed by atoms with E-state index < -0.39 is 12.7 Å². The number of pyridine rings is 2. The maximum Gasteiger partial charge on any atom is 0.408 e. The van der Waals surface area contributed by atoms with E-state index in [2.05, 4.69) is 30.5 Å². The normalized spacial score (nSPS) is 12.2. The Morgan fingerprint density at radius 1 is 1.00 bits per heavy atom. The summed E-state index contributed by atoms with van der Waals surface area (Å²) in [4.78, 5) is 8.63. The first-order valence-electron chi connectivity index (χ1n) is 8.53. The maximum atomic E-state index is 12.5. The average molecular weight is 399 g/mol. The fraction of sp³-hybridized carbons (Fsp3) is 0.176. The monoisotopic (exact) mass is 399 g/mol. The predicted molar refractivity (Wildman–Crippen MR) is 94.7 cm³/mol. The third kappa shape index (κ3) is 3.39. The van der Waals surface area contributed by atoms with E-state index in [-0.39, 0.29) is 0 Å². The van der Waals surface area contributed by atoms with Crippen LogP contribution >= 0.6 is 0 Å². The topological polar surface area (TPSA) is 91.6 Å². The number of hydrogen-bond acceptors (Lipinski definition) is 6. The quantitative estimate of drug-likeness (QED) is 0.461. The zero-order valence-electron chi connectivity index (χ0n) is 14.7. The van der Waals surface area contributed by atoms with Crippen molar-refractivity contribution in [1.82, 2.24) is 44.4 Å². The minimum atomic E-state index is -4.34. The van der Waals surface area contributed by atoms with Crippen LogP contribution < -0.4 is 0 Å². The Morgan fingerprint density at radius 2 is 1.90 bits per heavy atom. The van der Waals surface area contributed by atoms with Gasteiger partial charge >= 0.3 is 6.18 Å². The van der Waals surface area contributed by atoms with Crippen molar-refractivity contribution in [2.75, 3.05) is 0 Å². The zero-order valence-corrected chi connectivity index (χ0v) is 14.7. The third-order valence-electron chi connectivity index (χ3n) is 4.30. The summed E-state index contributed by atoms with van der Waals surface area (Å²) in [6, 6.07) is 7.15. The molecule has 0 fully saturated rings. The minimum Gasteiger partial charge on any atom is -0.263 e. The smallest absolute Gasteiger partial charge is 0.263 e. The number of alkyl halides is 3. The summed E-state index contributed by atoms with van der Waals surface area (Å²) in [6.07, 6.45) is 1.63. The predicted octanol–water partition coefficient (Wildman–Crippen LogP) is 2.34. The van der Waals surface area contributed by atoms with Crippen molar-refractivity contribution in [2.45, 2.75) is 19.3 Å². The SMILES string of the molecule is FC(F)(F)Cn1cc(-c2ccc3nnn(Cc4ccc5ncnn5c4)c3n2)cn1. The van der Waals surface area contributed by atoms with Crippen LogP contribution in [-0.2, 0) is 13.1 Å². The fourth-order valence-corrected chi connectivity index (χ4v) is 3.01. The van der Waals surface area contributed by atoms with E-state index in [4.69, 9.17) is 0 Å². The molecule has 0 aliphatic heterocycles. The van der Waals surface area contributed by atoms with Gasteiger partial charge in [0.05, 0.1) is 18.4 Å². The van der Waals surface area contributed by atoms with Crippen molar-refractivity contribution in [2.24, 2.45) is 0 Å². The van der Waals surface area contributed by atoms with Gasteiger partial charge in [-0.1, -0.05) is 11.3 Å². The Hall–Kier alpha value is -3.83. The van der Waals surface area contributed by atoms with Gasteiger partial charge in [0.15, 0.2) is 11.3 Å². The Balaban J connectivity index is 1.47. The first-order chi connectivity index (χ1) is 13.9. The van der Waals surface area contributed by atoms with Crippen LogP contribution in [-0.4, -0.2) is 50.5 Å². The number of halogens is 3. The molecular weight excluding hydrogens is 387 g/mol. The molecule has 9 nitrogen and oxygen atoms in total. The van der Waals surface area contributed by atoms with E-state index in [0.29, 0.717) is 29.0 Å². The molecule has 0 aliphatic carbocycles. The van der Waals surface area contributed by atoms with Gasteiger partial charge in [0.25, 0.3) is 0 Å². The summed E-state index contributed by atoms with van der Waals surface area (Å²) in [5.41, 5.74) is 3.71. The molecule has 0 saturated heterocycles. The molecule has 0 unspecified atom stereocenters. The fourth-order valence-electron chi connectivity index (χ4n) is 3.01. The molecule has 0 N–H and O–H groups in total. The number of rotatable bonds is 4. The van der Waals surface area contributed by atoms with E-state index in [1.165, 1.54) is 18.7 Å². The Kier molecular flexibility index (Phi) is 3.79. The van der Waals surface area contributed by atoms with Crippen molar-refractivity contribution in [3.63, 3.8) is 0 Å². The number of fused-ring (bicyclic) bond motifs is 2. The third-order valence-corrected chi connectivity index (χ3v) is 4.30. The number of hydrogen-bond donors (Lipinski definition) is 0. The molecule has 0 aromatic carbocycles. The average Bonchev–Trinajstić information content (AvgIpc) is 3.40. The lowest BCUT2D eigenvalue weighted by molar-refractivity contribution is -0.142. The highest BCUT2D eigenvalue weighted by molar-refractivity contribution is 5.74. The first kappa shape index (κ1) is 17.3. The molecule has 0 atom stereocenters. The molecule has 0 spiro atoms. The summed E-state index contributed by atoms with van der Waals surface area (Å²) in [7, 11) is 0. The van der Waals surface area contributed by atoms with Crippen molar-refractivity contribution >= 4 is 16.8 Å². The van der Waals surface area contributed by atoms with Crippen molar-refractivity contribution in [1.29, 1.82) is 0 Å². The molecule has 0 radical (unpaired) electrons. The lowest BCUT2D eigenvalue weighted by atomic mass is 10.2. The summed E-state index contributed by atoms with van der Waals surface area (Å²) >= 11 is 0. The van der Waals surface area contributed by atoms with Gasteiger partial charge in [0, 0.05) is 18.0 Å². The van der Waals surface area contributed by atoms with Gasteiger partial charge in [-0.25, -0.2) is 19.2 Å². The van der Waals surface area contributed by atoms with Gasteiger partial charge in [-0.2, -0.15) is 23.4 Å². The van der Waals surface area contributed by atoms with Crippen LogP contribution in [0, 0.1) is 0 Å². The van der Waals surface area contributed by atoms with Crippen LogP contribution in [0.5, 0.6) is 0 Å². The van der Waals surface area contributed by atoms with Crippen LogP contribution in [0.3, 0.4) is 0 Å². The molecule has 0 saturated carbocycles. The zero-order chi connectivity index (χ0) is 20.0. The molecule has 5 heterocycles. The van der Waals surface area contributed by atoms with E-state index >= 15 is 0 Å². The van der Waals surface area contributed by atoms with Gasteiger partial charge in [-0.05, 0) is 23.8 Å². The molecule has 146 valence electrons. The van der Waals surface area contributed by atoms with Crippen molar-refractivity contribution in [3.05, 3.63) is 54.7 Å². The molecule has 5 aromatic rings. The minimum absolute atomic E-state index is 0.399. The lowest BCUT2D eigenvalue weighted by Crippen LogP contribution is -2.17. The molecule has 5 rings (SSSR count). The van der Waals surface area contributed by atoms with Crippen LogP contribution in [0.4, 0.5) is 13.2 Å². The van der Waals surface area contributed by atoms with Gasteiger partial charge in [0.1, 0.15) is 18.4 Å². The second kappa shape index (κ2) is 6.36. The summed E-state index contributed by atoms with van der Waals surface area (Å²) in [5.74, 6) is 0. The van der Waals surface area contributed by atoms with E-state index in [0.717, 1.165) is 15.9 Å². The standard InChI is InChI=1S/C17H12F3N9/c18-17(19,20)9-27-8-12(5-22-27)13-2-3-14-16(24-13)29(26-25-14)7-11-1-4-15-21-10-23-28(15)6-11/h1-6,8,10H,7,9H2. The second-order valence-electron chi connectivity index (χ2n) is 6.43. The Bertz CT molecular complexity index is 1310. The van der Waals surface area contributed by atoms with E-state index in [1.807, 2.05) is 18.3 Å². The first-order valence-corrected chi connectivity index (χ1v) is 8.53. The highest BCUT2D eigenvalue weighted by Gasteiger charge is 2.28. The van der Waals surface area contributed by atoms with Crippen LogP contribution in [0.1, 0.15) is 5.56 Å². The van der Waals surface area contributed by atoms with E-state index in [9.17, 15) is 13.2 Å². The van der Waals surface area contributed by atoms with Crippen LogP contribution in [0.2, 0.25) is 0 Å². The van der Waals surface area contributed by atoms with Crippen molar-refractivity contribution < 1.29 is 13.2 Å². The molecule has 0 bridgehead atoms. The lowest BCUT2D eigenvalue weighted by Gasteiger charge is -2.05. The molecule has 0 aliphatic rings.